The molecule has 1 aromatic heterocycles. The SMILES string of the molecule is Cc1cnoc1C(=O)NCCc1ccccc1F. The predicted octanol–water partition coefficient (Wildman–Crippen LogP) is 2.09. The van der Waals surface area contributed by atoms with E-state index >= 15 is 0 Å². The van der Waals surface area contributed by atoms with Gasteiger partial charge in [-0.05, 0) is 25.0 Å². The van der Waals surface area contributed by atoms with Gasteiger partial charge in [0.15, 0.2) is 0 Å². The number of hydrogen-bond donors (Lipinski definition) is 1. The number of halogens is 1. The van der Waals surface area contributed by atoms with E-state index in [1.54, 1.807) is 25.1 Å². The van der Waals surface area contributed by atoms with Gasteiger partial charge in [-0.2, -0.15) is 0 Å². The summed E-state index contributed by atoms with van der Waals surface area (Å²) >= 11 is 0. The molecule has 1 amide bonds. The van der Waals surface area contributed by atoms with Crippen molar-refractivity contribution < 1.29 is 13.7 Å². The van der Waals surface area contributed by atoms with Crippen molar-refractivity contribution in [3.63, 3.8) is 0 Å². The number of carbonyl (C=O) groups is 1. The van der Waals surface area contributed by atoms with Gasteiger partial charge in [0, 0.05) is 12.1 Å². The minimum Gasteiger partial charge on any atom is -0.351 e. The van der Waals surface area contributed by atoms with E-state index in [-0.39, 0.29) is 17.5 Å². The molecule has 2 aromatic rings. The summed E-state index contributed by atoms with van der Waals surface area (Å²) in [6.07, 6.45) is 1.91. The second kappa shape index (κ2) is 5.44. The Labute approximate surface area is 104 Å². The molecule has 1 N–H and O–H groups in total. The van der Waals surface area contributed by atoms with E-state index in [1.807, 2.05) is 0 Å². The normalized spacial score (nSPS) is 10.3. The number of hydrogen-bond acceptors (Lipinski definition) is 3. The summed E-state index contributed by atoms with van der Waals surface area (Å²) in [5.41, 5.74) is 1.26. The fraction of sp³-hybridized carbons (Fsp3) is 0.231. The number of amides is 1. The van der Waals surface area contributed by atoms with Crippen molar-refractivity contribution in [3.05, 3.63) is 53.2 Å². The highest BCUT2D eigenvalue weighted by Gasteiger charge is 2.13. The molecule has 2 rings (SSSR count). The van der Waals surface area contributed by atoms with E-state index in [0.29, 0.717) is 24.1 Å². The third-order valence-electron chi connectivity index (χ3n) is 2.59. The minimum absolute atomic E-state index is 0.198. The van der Waals surface area contributed by atoms with Crippen LogP contribution in [-0.2, 0) is 6.42 Å². The summed E-state index contributed by atoms with van der Waals surface area (Å²) in [5.74, 6) is -0.396. The molecule has 0 aliphatic heterocycles. The van der Waals surface area contributed by atoms with Crippen molar-refractivity contribution in [1.82, 2.24) is 10.5 Å². The number of aromatic nitrogens is 1. The molecule has 5 heteroatoms. The Morgan fingerprint density at radius 2 is 2.22 bits per heavy atom. The zero-order valence-corrected chi connectivity index (χ0v) is 9.94. The van der Waals surface area contributed by atoms with Gasteiger partial charge in [-0.3, -0.25) is 4.79 Å². The maximum Gasteiger partial charge on any atom is 0.290 e. The Hall–Kier alpha value is -2.17. The van der Waals surface area contributed by atoms with Gasteiger partial charge in [0.05, 0.1) is 6.20 Å². The van der Waals surface area contributed by atoms with Crippen LogP contribution in [0.2, 0.25) is 0 Å². The van der Waals surface area contributed by atoms with Gasteiger partial charge in [-0.25, -0.2) is 4.39 Å². The fourth-order valence-electron chi connectivity index (χ4n) is 1.60. The van der Waals surface area contributed by atoms with Gasteiger partial charge in [-0.1, -0.05) is 23.4 Å². The lowest BCUT2D eigenvalue weighted by Gasteiger charge is -2.04. The Morgan fingerprint density at radius 3 is 2.89 bits per heavy atom. The molecule has 0 radical (unpaired) electrons. The molecule has 0 fully saturated rings. The topological polar surface area (TPSA) is 55.1 Å². The molecular formula is C13H13FN2O2. The van der Waals surface area contributed by atoms with E-state index in [4.69, 9.17) is 4.52 Å². The molecule has 94 valence electrons. The first-order valence-electron chi connectivity index (χ1n) is 5.61. The monoisotopic (exact) mass is 248 g/mol. The number of aryl methyl sites for hydroxylation is 1. The van der Waals surface area contributed by atoms with E-state index in [1.165, 1.54) is 12.3 Å². The first-order chi connectivity index (χ1) is 8.68. The Bertz CT molecular complexity index is 551. The lowest BCUT2D eigenvalue weighted by Crippen LogP contribution is -2.26. The molecular weight excluding hydrogens is 235 g/mol. The molecule has 0 aliphatic carbocycles. The Morgan fingerprint density at radius 1 is 1.44 bits per heavy atom. The maximum absolute atomic E-state index is 13.3. The lowest BCUT2D eigenvalue weighted by molar-refractivity contribution is 0.0916. The third kappa shape index (κ3) is 2.74. The molecule has 0 bridgehead atoms. The number of nitrogens with zero attached hydrogens (tertiary/aromatic N) is 1. The molecule has 0 aliphatic rings. The van der Waals surface area contributed by atoms with Crippen molar-refractivity contribution in [1.29, 1.82) is 0 Å². The molecule has 0 saturated carbocycles. The summed E-state index contributed by atoms with van der Waals surface area (Å²) in [6, 6.07) is 6.50. The predicted molar refractivity (Wildman–Crippen MR) is 63.7 cm³/mol. The molecule has 0 saturated heterocycles. The van der Waals surface area contributed by atoms with Crippen LogP contribution in [0.5, 0.6) is 0 Å². The summed E-state index contributed by atoms with van der Waals surface area (Å²) in [7, 11) is 0. The molecule has 1 aromatic carbocycles. The van der Waals surface area contributed by atoms with Gasteiger partial charge < -0.3 is 9.84 Å². The van der Waals surface area contributed by atoms with E-state index in [9.17, 15) is 9.18 Å². The van der Waals surface area contributed by atoms with Gasteiger partial charge in [-0.15, -0.1) is 0 Å². The van der Waals surface area contributed by atoms with Crippen LogP contribution >= 0.6 is 0 Å². The Balaban J connectivity index is 1.88. The van der Waals surface area contributed by atoms with Crippen LogP contribution in [0.15, 0.2) is 35.0 Å². The number of benzene rings is 1. The summed E-state index contributed by atoms with van der Waals surface area (Å²) in [6.45, 7) is 2.09. The van der Waals surface area contributed by atoms with Crippen LogP contribution in [0.3, 0.4) is 0 Å². The second-order valence-corrected chi connectivity index (χ2v) is 3.94. The van der Waals surface area contributed by atoms with Crippen LogP contribution in [-0.4, -0.2) is 17.6 Å². The zero-order valence-electron chi connectivity index (χ0n) is 9.94. The lowest BCUT2D eigenvalue weighted by atomic mass is 10.1. The fourth-order valence-corrected chi connectivity index (χ4v) is 1.60. The quantitative estimate of drug-likeness (QED) is 0.901. The van der Waals surface area contributed by atoms with Crippen LogP contribution < -0.4 is 5.32 Å². The van der Waals surface area contributed by atoms with Gasteiger partial charge in [0.25, 0.3) is 5.91 Å². The van der Waals surface area contributed by atoms with Crippen molar-refractivity contribution >= 4 is 5.91 Å². The third-order valence-corrected chi connectivity index (χ3v) is 2.59. The smallest absolute Gasteiger partial charge is 0.290 e. The average Bonchev–Trinajstić information content (AvgIpc) is 2.78. The van der Waals surface area contributed by atoms with E-state index < -0.39 is 0 Å². The summed E-state index contributed by atoms with van der Waals surface area (Å²) < 4.78 is 18.1. The highest BCUT2D eigenvalue weighted by Crippen LogP contribution is 2.07. The number of nitrogens with one attached hydrogen (secondary N) is 1. The van der Waals surface area contributed by atoms with Gasteiger partial charge in [0.2, 0.25) is 5.76 Å². The molecule has 4 nitrogen and oxygen atoms in total. The maximum atomic E-state index is 13.3. The average molecular weight is 248 g/mol. The molecule has 1 heterocycles. The Kier molecular flexibility index (Phi) is 3.72. The van der Waals surface area contributed by atoms with Crippen LogP contribution in [0, 0.1) is 12.7 Å². The van der Waals surface area contributed by atoms with Crippen molar-refractivity contribution in [3.8, 4) is 0 Å². The van der Waals surface area contributed by atoms with Gasteiger partial charge in [0.1, 0.15) is 5.82 Å². The number of carbonyl (C=O) groups excluding carboxylic acids is 1. The highest BCUT2D eigenvalue weighted by molar-refractivity contribution is 5.92. The minimum atomic E-state index is -0.332. The summed E-state index contributed by atoms with van der Waals surface area (Å²) in [5, 5.41) is 6.19. The largest absolute Gasteiger partial charge is 0.351 e. The van der Waals surface area contributed by atoms with Crippen molar-refractivity contribution in [2.24, 2.45) is 0 Å². The molecule has 0 unspecified atom stereocenters. The van der Waals surface area contributed by atoms with Gasteiger partial charge >= 0.3 is 0 Å². The van der Waals surface area contributed by atoms with Crippen LogP contribution in [0.25, 0.3) is 0 Å². The highest BCUT2D eigenvalue weighted by atomic mass is 19.1. The molecule has 0 atom stereocenters. The van der Waals surface area contributed by atoms with E-state index in [2.05, 4.69) is 10.5 Å². The van der Waals surface area contributed by atoms with Crippen LogP contribution in [0.4, 0.5) is 4.39 Å². The van der Waals surface area contributed by atoms with Crippen LogP contribution in [0.1, 0.15) is 21.7 Å². The second-order valence-electron chi connectivity index (χ2n) is 3.94. The van der Waals surface area contributed by atoms with E-state index in [0.717, 1.165) is 0 Å². The summed E-state index contributed by atoms with van der Waals surface area (Å²) in [4.78, 5) is 11.7. The standard InChI is InChI=1S/C13H13FN2O2/c1-9-8-16-18-12(9)13(17)15-7-6-10-4-2-3-5-11(10)14/h2-5,8H,6-7H2,1H3,(H,15,17). The molecule has 0 spiro atoms. The van der Waals surface area contributed by atoms with Crippen molar-refractivity contribution in [2.75, 3.05) is 6.54 Å². The zero-order chi connectivity index (χ0) is 13.0. The first-order valence-corrected chi connectivity index (χ1v) is 5.61. The molecule has 18 heavy (non-hydrogen) atoms. The number of rotatable bonds is 4. The first kappa shape index (κ1) is 12.3. The van der Waals surface area contributed by atoms with Crippen molar-refractivity contribution in [2.45, 2.75) is 13.3 Å².